The van der Waals surface area contributed by atoms with E-state index in [1.807, 2.05) is 57.2 Å². The molecule has 3 N–H and O–H groups in total. The van der Waals surface area contributed by atoms with Crippen LogP contribution in [0.25, 0.3) is 11.1 Å². The molecule has 134 valence electrons. The van der Waals surface area contributed by atoms with Crippen molar-refractivity contribution < 1.29 is 9.90 Å². The number of amides is 2. The minimum atomic E-state index is -0.513. The Morgan fingerprint density at radius 1 is 1.04 bits per heavy atom. The van der Waals surface area contributed by atoms with Gasteiger partial charge in [-0.15, -0.1) is 0 Å². The number of carbonyl (C=O) groups is 1. The van der Waals surface area contributed by atoms with Gasteiger partial charge in [-0.05, 0) is 48.1 Å². The van der Waals surface area contributed by atoms with E-state index in [-0.39, 0.29) is 18.6 Å². The van der Waals surface area contributed by atoms with Gasteiger partial charge in [-0.25, -0.2) is 4.79 Å². The SMILES string of the molecule is CC(C)CC(O)CNC(=O)NC(C)c1ccc(-c2ccncc2)cc1. The number of nitrogens with zero attached hydrogens (tertiary/aromatic N) is 1. The maximum atomic E-state index is 12.0. The summed E-state index contributed by atoms with van der Waals surface area (Å²) in [4.78, 5) is 16.0. The van der Waals surface area contributed by atoms with Gasteiger partial charge in [0.05, 0.1) is 12.1 Å². The molecule has 1 aromatic carbocycles. The van der Waals surface area contributed by atoms with E-state index in [1.54, 1.807) is 12.4 Å². The highest BCUT2D eigenvalue weighted by Gasteiger charge is 2.12. The first kappa shape index (κ1) is 18.9. The summed E-state index contributed by atoms with van der Waals surface area (Å²) in [5.41, 5.74) is 3.24. The Balaban J connectivity index is 1.86. The number of benzene rings is 1. The molecule has 1 heterocycles. The van der Waals surface area contributed by atoms with E-state index in [4.69, 9.17) is 0 Å². The first-order valence-electron chi connectivity index (χ1n) is 8.68. The molecule has 5 heteroatoms. The Kier molecular flexibility index (Phi) is 6.95. The molecule has 1 aromatic heterocycles. The van der Waals surface area contributed by atoms with Gasteiger partial charge in [0.25, 0.3) is 0 Å². The van der Waals surface area contributed by atoms with E-state index in [0.29, 0.717) is 12.3 Å². The van der Waals surface area contributed by atoms with Crippen molar-refractivity contribution in [3.8, 4) is 11.1 Å². The quantitative estimate of drug-likeness (QED) is 0.721. The number of hydrogen-bond acceptors (Lipinski definition) is 3. The highest BCUT2D eigenvalue weighted by Crippen LogP contribution is 2.21. The summed E-state index contributed by atoms with van der Waals surface area (Å²) in [5.74, 6) is 0.401. The molecule has 0 aliphatic carbocycles. The zero-order valence-electron chi connectivity index (χ0n) is 15.1. The summed E-state index contributed by atoms with van der Waals surface area (Å²) in [7, 11) is 0. The third-order valence-electron chi connectivity index (χ3n) is 4.01. The molecule has 0 fully saturated rings. The smallest absolute Gasteiger partial charge is 0.315 e. The minimum absolute atomic E-state index is 0.117. The largest absolute Gasteiger partial charge is 0.391 e. The van der Waals surface area contributed by atoms with E-state index in [0.717, 1.165) is 16.7 Å². The molecule has 2 atom stereocenters. The number of aliphatic hydroxyl groups excluding tert-OH is 1. The monoisotopic (exact) mass is 341 g/mol. The van der Waals surface area contributed by atoms with Crippen LogP contribution in [0.15, 0.2) is 48.8 Å². The molecule has 2 aromatic rings. The summed E-state index contributed by atoms with van der Waals surface area (Å²) in [5, 5.41) is 15.4. The standard InChI is InChI=1S/C20H27N3O2/c1-14(2)12-19(24)13-22-20(25)23-15(3)16-4-6-17(7-5-16)18-8-10-21-11-9-18/h4-11,14-15,19,24H,12-13H2,1-3H3,(H2,22,23,25). The van der Waals surface area contributed by atoms with Crippen LogP contribution in [0, 0.1) is 5.92 Å². The predicted octanol–water partition coefficient (Wildman–Crippen LogP) is 3.52. The van der Waals surface area contributed by atoms with Crippen LogP contribution in [0.2, 0.25) is 0 Å². The molecule has 2 amide bonds. The Morgan fingerprint density at radius 3 is 2.24 bits per heavy atom. The average Bonchev–Trinajstić information content (AvgIpc) is 2.60. The first-order chi connectivity index (χ1) is 12.0. The van der Waals surface area contributed by atoms with Crippen molar-refractivity contribution in [2.75, 3.05) is 6.54 Å². The van der Waals surface area contributed by atoms with Crippen molar-refractivity contribution in [2.24, 2.45) is 5.92 Å². The number of aromatic nitrogens is 1. The van der Waals surface area contributed by atoms with E-state index in [1.165, 1.54) is 0 Å². The Bertz CT molecular complexity index is 656. The maximum Gasteiger partial charge on any atom is 0.315 e. The van der Waals surface area contributed by atoms with Gasteiger partial charge in [0, 0.05) is 18.9 Å². The second-order valence-corrected chi connectivity index (χ2v) is 6.72. The summed E-state index contributed by atoms with van der Waals surface area (Å²) in [6.07, 6.45) is 3.70. The topological polar surface area (TPSA) is 74.2 Å². The van der Waals surface area contributed by atoms with Gasteiger partial charge in [-0.1, -0.05) is 38.1 Å². The summed E-state index contributed by atoms with van der Waals surface area (Å²) in [6, 6.07) is 11.6. The third-order valence-corrected chi connectivity index (χ3v) is 4.01. The lowest BCUT2D eigenvalue weighted by Crippen LogP contribution is -2.41. The van der Waals surface area contributed by atoms with E-state index in [2.05, 4.69) is 15.6 Å². The molecule has 0 radical (unpaired) electrons. The van der Waals surface area contributed by atoms with Gasteiger partial charge in [0.15, 0.2) is 0 Å². The molecule has 0 saturated carbocycles. The van der Waals surface area contributed by atoms with E-state index in [9.17, 15) is 9.90 Å². The summed E-state index contributed by atoms with van der Waals surface area (Å²) in [6.45, 7) is 6.28. The number of aliphatic hydroxyl groups is 1. The number of carbonyl (C=O) groups excluding carboxylic acids is 1. The molecule has 25 heavy (non-hydrogen) atoms. The van der Waals surface area contributed by atoms with Crippen molar-refractivity contribution in [1.82, 2.24) is 15.6 Å². The molecule has 0 saturated heterocycles. The van der Waals surface area contributed by atoms with E-state index >= 15 is 0 Å². The van der Waals surface area contributed by atoms with Crippen LogP contribution < -0.4 is 10.6 Å². The molecular weight excluding hydrogens is 314 g/mol. The normalized spacial score (nSPS) is 13.3. The fourth-order valence-corrected chi connectivity index (χ4v) is 2.68. The fourth-order valence-electron chi connectivity index (χ4n) is 2.68. The molecule has 0 aliphatic heterocycles. The van der Waals surface area contributed by atoms with Crippen molar-refractivity contribution in [1.29, 1.82) is 0 Å². The lowest BCUT2D eigenvalue weighted by Gasteiger charge is -2.18. The zero-order chi connectivity index (χ0) is 18.2. The van der Waals surface area contributed by atoms with Crippen molar-refractivity contribution in [2.45, 2.75) is 39.3 Å². The summed E-state index contributed by atoms with van der Waals surface area (Å²) < 4.78 is 0. The lowest BCUT2D eigenvalue weighted by molar-refractivity contribution is 0.146. The second-order valence-electron chi connectivity index (χ2n) is 6.72. The molecule has 2 unspecified atom stereocenters. The van der Waals surface area contributed by atoms with Gasteiger partial charge in [-0.2, -0.15) is 0 Å². The second kappa shape index (κ2) is 9.18. The fraction of sp³-hybridized carbons (Fsp3) is 0.400. The Morgan fingerprint density at radius 2 is 1.64 bits per heavy atom. The van der Waals surface area contributed by atoms with Gasteiger partial charge < -0.3 is 15.7 Å². The highest BCUT2D eigenvalue weighted by molar-refractivity contribution is 5.74. The minimum Gasteiger partial charge on any atom is -0.391 e. The summed E-state index contributed by atoms with van der Waals surface area (Å²) >= 11 is 0. The van der Waals surface area contributed by atoms with Crippen LogP contribution in [-0.4, -0.2) is 28.8 Å². The molecule has 0 bridgehead atoms. The number of pyridine rings is 1. The Hall–Kier alpha value is -2.40. The molecule has 0 aliphatic rings. The lowest BCUT2D eigenvalue weighted by atomic mass is 10.0. The Labute approximate surface area is 149 Å². The van der Waals surface area contributed by atoms with Crippen LogP contribution in [0.4, 0.5) is 4.79 Å². The predicted molar refractivity (Wildman–Crippen MR) is 100 cm³/mol. The maximum absolute atomic E-state index is 12.0. The van der Waals surface area contributed by atoms with Crippen molar-refractivity contribution in [3.63, 3.8) is 0 Å². The molecule has 5 nitrogen and oxygen atoms in total. The first-order valence-corrected chi connectivity index (χ1v) is 8.68. The van der Waals surface area contributed by atoms with Crippen LogP contribution in [-0.2, 0) is 0 Å². The number of nitrogens with one attached hydrogen (secondary N) is 2. The van der Waals surface area contributed by atoms with E-state index < -0.39 is 6.10 Å². The van der Waals surface area contributed by atoms with Crippen LogP contribution in [0.5, 0.6) is 0 Å². The van der Waals surface area contributed by atoms with Gasteiger partial charge >= 0.3 is 6.03 Å². The highest BCUT2D eigenvalue weighted by atomic mass is 16.3. The van der Waals surface area contributed by atoms with Gasteiger partial charge in [0.1, 0.15) is 0 Å². The van der Waals surface area contributed by atoms with Gasteiger partial charge in [-0.3, -0.25) is 4.98 Å². The van der Waals surface area contributed by atoms with Crippen molar-refractivity contribution >= 4 is 6.03 Å². The van der Waals surface area contributed by atoms with Crippen LogP contribution in [0.3, 0.4) is 0 Å². The number of hydrogen-bond donors (Lipinski definition) is 3. The molecular formula is C20H27N3O2. The van der Waals surface area contributed by atoms with Crippen molar-refractivity contribution in [3.05, 3.63) is 54.4 Å². The molecule has 2 rings (SSSR count). The molecule has 0 spiro atoms. The van der Waals surface area contributed by atoms with Gasteiger partial charge in [0.2, 0.25) is 0 Å². The van der Waals surface area contributed by atoms with Crippen LogP contribution >= 0.6 is 0 Å². The average molecular weight is 341 g/mol. The zero-order valence-corrected chi connectivity index (χ0v) is 15.1. The number of rotatable bonds is 7. The van der Waals surface area contributed by atoms with Crippen LogP contribution in [0.1, 0.15) is 38.8 Å². The number of urea groups is 1. The third kappa shape index (κ3) is 6.19.